The maximum Gasteiger partial charge on any atom is 0.405 e. The highest BCUT2D eigenvalue weighted by molar-refractivity contribution is 5.67. The summed E-state index contributed by atoms with van der Waals surface area (Å²) in [7, 11) is 0. The number of amides is 2. The van der Waals surface area contributed by atoms with Crippen molar-refractivity contribution in [2.45, 2.75) is 45.8 Å². The van der Waals surface area contributed by atoms with Gasteiger partial charge in [0, 0.05) is 6.42 Å². The largest absolute Gasteiger partial charge is 0.481 e. The molecule has 0 aliphatic heterocycles. The van der Waals surface area contributed by atoms with Gasteiger partial charge in [-0.2, -0.15) is 0 Å². The van der Waals surface area contributed by atoms with Crippen LogP contribution in [0.3, 0.4) is 0 Å². The van der Waals surface area contributed by atoms with E-state index in [4.69, 9.17) is 16.6 Å². The van der Waals surface area contributed by atoms with Crippen LogP contribution in [0.4, 0.5) is 9.59 Å². The summed E-state index contributed by atoms with van der Waals surface area (Å²) in [6.45, 7) is 5.53. The van der Waals surface area contributed by atoms with Gasteiger partial charge in [0.25, 0.3) is 0 Å². The molecule has 2 aromatic carbocycles. The van der Waals surface area contributed by atoms with E-state index in [1.165, 1.54) is 0 Å². The smallest absolute Gasteiger partial charge is 0.405 e. The number of rotatable bonds is 5. The number of hydrogen-bond donors (Lipinski definition) is 3. The van der Waals surface area contributed by atoms with Gasteiger partial charge in [-0.1, -0.05) is 60.7 Å². The highest BCUT2D eigenvalue weighted by Gasteiger charge is 2.12. The predicted molar refractivity (Wildman–Crippen MR) is 114 cm³/mol. The van der Waals surface area contributed by atoms with Crippen LogP contribution in [-0.2, 0) is 27.3 Å². The van der Waals surface area contributed by atoms with E-state index in [2.05, 4.69) is 9.47 Å². The van der Waals surface area contributed by atoms with Crippen LogP contribution in [-0.4, -0.2) is 28.9 Å². The zero-order valence-corrected chi connectivity index (χ0v) is 17.5. The van der Waals surface area contributed by atoms with Gasteiger partial charge >= 0.3 is 18.2 Å². The number of carboxylic acid groups (broad SMARTS) is 1. The quantitative estimate of drug-likeness (QED) is 0.673. The van der Waals surface area contributed by atoms with Gasteiger partial charge in [-0.25, -0.2) is 9.59 Å². The van der Waals surface area contributed by atoms with Gasteiger partial charge in [-0.05, 0) is 38.3 Å². The lowest BCUT2D eigenvalue weighted by molar-refractivity contribution is -0.136. The molecule has 0 fully saturated rings. The predicted octanol–water partition coefficient (Wildman–Crippen LogP) is 3.87. The number of aryl methyl sites for hydroxylation is 1. The second-order valence-corrected chi connectivity index (χ2v) is 7.01. The topological polar surface area (TPSA) is 142 Å². The SMILES string of the molecule is CC(C)(C)OC(N)=O.NC(=O)OCc1ccccc1.O=C(O)CCc1ccccc1. The summed E-state index contributed by atoms with van der Waals surface area (Å²) < 4.78 is 9.14. The first-order chi connectivity index (χ1) is 14.0. The summed E-state index contributed by atoms with van der Waals surface area (Å²) in [5.41, 5.74) is 11.1. The van der Waals surface area contributed by atoms with Gasteiger partial charge in [-0.3, -0.25) is 4.79 Å². The van der Waals surface area contributed by atoms with Gasteiger partial charge in [0.15, 0.2) is 0 Å². The van der Waals surface area contributed by atoms with Crippen LogP contribution in [0, 0.1) is 0 Å². The molecule has 8 nitrogen and oxygen atoms in total. The Balaban J connectivity index is 0.000000428. The molecule has 0 atom stereocenters. The van der Waals surface area contributed by atoms with E-state index in [9.17, 15) is 14.4 Å². The van der Waals surface area contributed by atoms with Crippen molar-refractivity contribution in [2.75, 3.05) is 0 Å². The molecule has 8 heteroatoms. The molecule has 0 aliphatic rings. The first-order valence-electron chi connectivity index (χ1n) is 9.20. The standard InChI is InChI=1S/C9H10O2.C8H9NO2.C5H11NO2/c10-9(11)7-6-8-4-2-1-3-5-8;9-8(10)11-6-7-4-2-1-3-5-7;1-5(2,3)8-4(6)7/h1-5H,6-7H2,(H,10,11);1-5H,6H2,(H2,9,10);1-3H3,(H2,6,7). The molecule has 0 aliphatic carbocycles. The van der Waals surface area contributed by atoms with E-state index in [-0.39, 0.29) is 13.0 Å². The minimum absolute atomic E-state index is 0.212. The third-order valence-corrected chi connectivity index (χ3v) is 3.10. The molecular weight excluding hydrogens is 388 g/mol. The zero-order chi connectivity index (χ0) is 23.0. The van der Waals surface area contributed by atoms with E-state index in [0.717, 1.165) is 11.1 Å². The van der Waals surface area contributed by atoms with E-state index in [1.54, 1.807) is 20.8 Å². The molecule has 2 aromatic rings. The van der Waals surface area contributed by atoms with Crippen molar-refractivity contribution in [3.63, 3.8) is 0 Å². The van der Waals surface area contributed by atoms with Crippen LogP contribution in [0.5, 0.6) is 0 Å². The van der Waals surface area contributed by atoms with E-state index in [1.807, 2.05) is 60.7 Å². The fraction of sp³-hybridized carbons (Fsp3) is 0.318. The number of ether oxygens (including phenoxy) is 2. The van der Waals surface area contributed by atoms with Crippen LogP contribution in [0.25, 0.3) is 0 Å². The summed E-state index contributed by atoms with van der Waals surface area (Å²) in [6.07, 6.45) is -0.633. The summed E-state index contributed by atoms with van der Waals surface area (Å²) >= 11 is 0. The lowest BCUT2D eigenvalue weighted by atomic mass is 10.1. The molecule has 0 saturated carbocycles. The second kappa shape index (κ2) is 14.4. The minimum Gasteiger partial charge on any atom is -0.481 e. The Bertz CT molecular complexity index is 705. The molecule has 0 radical (unpaired) electrons. The molecule has 30 heavy (non-hydrogen) atoms. The van der Waals surface area contributed by atoms with Gasteiger partial charge in [0.05, 0.1) is 0 Å². The lowest BCUT2D eigenvalue weighted by Gasteiger charge is -2.16. The Morgan fingerprint density at radius 1 is 0.833 bits per heavy atom. The molecule has 5 N–H and O–H groups in total. The summed E-state index contributed by atoms with van der Waals surface area (Å²) in [5.74, 6) is -0.742. The van der Waals surface area contributed by atoms with Crippen molar-refractivity contribution in [2.24, 2.45) is 11.5 Å². The fourth-order valence-corrected chi connectivity index (χ4v) is 1.93. The number of carbonyl (C=O) groups is 3. The Hall–Kier alpha value is -3.55. The van der Waals surface area contributed by atoms with Crippen LogP contribution < -0.4 is 11.5 Å². The van der Waals surface area contributed by atoms with Crippen LogP contribution in [0.15, 0.2) is 60.7 Å². The highest BCUT2D eigenvalue weighted by Crippen LogP contribution is 2.05. The maximum atomic E-state index is 10.2. The summed E-state index contributed by atoms with van der Waals surface area (Å²) in [5, 5.41) is 8.37. The van der Waals surface area contributed by atoms with Crippen molar-refractivity contribution in [1.82, 2.24) is 0 Å². The van der Waals surface area contributed by atoms with Gasteiger partial charge in [0.2, 0.25) is 0 Å². The summed E-state index contributed by atoms with van der Waals surface area (Å²) in [4.78, 5) is 30.4. The van der Waals surface area contributed by atoms with Gasteiger partial charge in [0.1, 0.15) is 12.2 Å². The van der Waals surface area contributed by atoms with Crippen LogP contribution in [0.1, 0.15) is 38.3 Å². The molecule has 2 rings (SSSR count). The highest BCUT2D eigenvalue weighted by atomic mass is 16.6. The molecule has 0 saturated heterocycles. The number of primary amides is 2. The number of carboxylic acids is 1. The first-order valence-corrected chi connectivity index (χ1v) is 9.20. The monoisotopic (exact) mass is 418 g/mol. The Morgan fingerprint density at radius 3 is 1.63 bits per heavy atom. The Kier molecular flexibility index (Phi) is 12.7. The fourth-order valence-electron chi connectivity index (χ4n) is 1.93. The normalized spacial score (nSPS) is 9.70. The van der Waals surface area contributed by atoms with E-state index >= 15 is 0 Å². The number of carbonyl (C=O) groups excluding carboxylic acids is 2. The molecule has 0 heterocycles. The molecular formula is C22H30N2O6. The Labute approximate surface area is 176 Å². The molecule has 2 amide bonds. The van der Waals surface area contributed by atoms with Crippen molar-refractivity contribution >= 4 is 18.2 Å². The molecule has 0 unspecified atom stereocenters. The minimum atomic E-state index is -0.742. The average molecular weight is 418 g/mol. The van der Waals surface area contributed by atoms with E-state index in [0.29, 0.717) is 6.42 Å². The van der Waals surface area contributed by atoms with Gasteiger partial charge < -0.3 is 26.0 Å². The number of hydrogen-bond acceptors (Lipinski definition) is 5. The number of nitrogens with two attached hydrogens (primary N) is 2. The van der Waals surface area contributed by atoms with Crippen molar-refractivity contribution in [3.8, 4) is 0 Å². The van der Waals surface area contributed by atoms with Crippen LogP contribution in [0.2, 0.25) is 0 Å². The lowest BCUT2D eigenvalue weighted by Crippen LogP contribution is -2.27. The maximum absolute atomic E-state index is 10.2. The molecule has 0 aromatic heterocycles. The molecule has 164 valence electrons. The van der Waals surface area contributed by atoms with E-state index < -0.39 is 23.8 Å². The first kappa shape index (κ1) is 26.5. The van der Waals surface area contributed by atoms with Gasteiger partial charge in [-0.15, -0.1) is 0 Å². The molecule has 0 spiro atoms. The number of benzene rings is 2. The third-order valence-electron chi connectivity index (χ3n) is 3.10. The Morgan fingerprint density at radius 2 is 1.30 bits per heavy atom. The van der Waals surface area contributed by atoms with Crippen molar-refractivity contribution in [1.29, 1.82) is 0 Å². The third kappa shape index (κ3) is 17.8. The molecule has 0 bridgehead atoms. The van der Waals surface area contributed by atoms with Crippen molar-refractivity contribution < 1.29 is 29.0 Å². The zero-order valence-electron chi connectivity index (χ0n) is 17.5. The van der Waals surface area contributed by atoms with Crippen molar-refractivity contribution in [3.05, 3.63) is 71.8 Å². The average Bonchev–Trinajstić information content (AvgIpc) is 2.65. The van der Waals surface area contributed by atoms with Crippen LogP contribution >= 0.6 is 0 Å². The number of aliphatic carboxylic acids is 1. The second-order valence-electron chi connectivity index (χ2n) is 7.01. The summed E-state index contributed by atoms with van der Waals surface area (Å²) in [6, 6.07) is 19.0.